The van der Waals surface area contributed by atoms with Crippen LogP contribution in [0.15, 0.2) is 12.2 Å². The molecule has 6 heteroatoms. The van der Waals surface area contributed by atoms with Gasteiger partial charge in [0, 0.05) is 12.8 Å². The molecule has 0 aliphatic heterocycles. The Morgan fingerprint density at radius 2 is 0.836 bits per heavy atom. The Labute approximate surface area is 342 Å². The lowest BCUT2D eigenvalue weighted by Gasteiger charge is -2.20. The summed E-state index contributed by atoms with van der Waals surface area (Å²) in [6.45, 7) is 4.85. The van der Waals surface area contributed by atoms with Crippen LogP contribution in [0.2, 0.25) is 0 Å². The van der Waals surface area contributed by atoms with Gasteiger partial charge in [0.2, 0.25) is 5.91 Å². The molecule has 2 unspecified atom stereocenters. The van der Waals surface area contributed by atoms with Gasteiger partial charge in [-0.25, -0.2) is 0 Å². The van der Waals surface area contributed by atoms with Crippen LogP contribution in [0.5, 0.6) is 0 Å². The lowest BCUT2D eigenvalue weighted by Crippen LogP contribution is -2.45. The number of hydrogen-bond donors (Lipinski definition) is 3. The van der Waals surface area contributed by atoms with E-state index >= 15 is 0 Å². The molecule has 0 fully saturated rings. The number of unbranched alkanes of at least 4 members (excludes halogenated alkanes) is 34. The zero-order chi connectivity index (χ0) is 40.1. The van der Waals surface area contributed by atoms with Gasteiger partial charge >= 0.3 is 5.97 Å². The number of esters is 1. The monoisotopic (exact) mass is 778 g/mol. The minimum absolute atomic E-state index is 0.0129. The van der Waals surface area contributed by atoms with Crippen LogP contribution in [0.1, 0.15) is 264 Å². The van der Waals surface area contributed by atoms with Gasteiger partial charge < -0.3 is 20.3 Å². The fraction of sp³-hybridized carbons (Fsp3) is 0.918. The number of amides is 1. The zero-order valence-corrected chi connectivity index (χ0v) is 36.9. The molecule has 0 spiro atoms. The fourth-order valence-corrected chi connectivity index (χ4v) is 7.51. The lowest BCUT2D eigenvalue weighted by molar-refractivity contribution is -0.143. The van der Waals surface area contributed by atoms with E-state index in [1.165, 1.54) is 180 Å². The van der Waals surface area contributed by atoms with Gasteiger partial charge in [0.25, 0.3) is 0 Å². The van der Waals surface area contributed by atoms with Crippen LogP contribution in [-0.2, 0) is 14.3 Å². The molecule has 0 aromatic heterocycles. The van der Waals surface area contributed by atoms with Crippen molar-refractivity contribution < 1.29 is 24.5 Å². The van der Waals surface area contributed by atoms with E-state index in [9.17, 15) is 19.8 Å². The Balaban J connectivity index is 3.48. The Bertz CT molecular complexity index is 817. The van der Waals surface area contributed by atoms with Crippen molar-refractivity contribution in [1.29, 1.82) is 0 Å². The standard InChI is InChI=1S/C49H95NO5/c1-3-5-7-9-11-13-15-17-18-19-23-27-31-35-39-43-49(54)55-44-40-36-32-28-24-20-22-26-30-34-38-42-48(53)50-46(45-51)47(52)41-37-33-29-25-21-16-14-12-10-8-6-4-2/h37,41,46-47,51-52H,3-36,38-40,42-45H2,1-2H3,(H,50,53)/b41-37+. The van der Waals surface area contributed by atoms with Crippen molar-refractivity contribution in [3.05, 3.63) is 12.2 Å². The molecule has 0 aliphatic rings. The largest absolute Gasteiger partial charge is 0.466 e. The van der Waals surface area contributed by atoms with Gasteiger partial charge in [-0.15, -0.1) is 0 Å². The maximum absolute atomic E-state index is 12.4. The van der Waals surface area contributed by atoms with Crippen LogP contribution < -0.4 is 5.32 Å². The molecule has 6 nitrogen and oxygen atoms in total. The first kappa shape index (κ1) is 53.6. The van der Waals surface area contributed by atoms with E-state index in [1.54, 1.807) is 6.08 Å². The number of carbonyl (C=O) groups excluding carboxylic acids is 2. The van der Waals surface area contributed by atoms with Crippen molar-refractivity contribution in [3.8, 4) is 0 Å². The summed E-state index contributed by atoms with van der Waals surface area (Å²) >= 11 is 0. The second-order valence-electron chi connectivity index (χ2n) is 16.8. The Morgan fingerprint density at radius 3 is 1.24 bits per heavy atom. The third kappa shape index (κ3) is 42.0. The molecule has 0 saturated heterocycles. The lowest BCUT2D eigenvalue weighted by atomic mass is 10.0. The Kier molecular flexibility index (Phi) is 44.2. The van der Waals surface area contributed by atoms with Gasteiger partial charge in [-0.3, -0.25) is 9.59 Å². The highest BCUT2D eigenvalue weighted by Gasteiger charge is 2.18. The van der Waals surface area contributed by atoms with Crippen LogP contribution in [0, 0.1) is 0 Å². The molecule has 3 N–H and O–H groups in total. The molecule has 0 aliphatic carbocycles. The van der Waals surface area contributed by atoms with Crippen LogP contribution >= 0.6 is 0 Å². The summed E-state index contributed by atoms with van der Waals surface area (Å²) in [6, 6.07) is -0.639. The molecule has 0 aromatic carbocycles. The van der Waals surface area contributed by atoms with Gasteiger partial charge in [-0.1, -0.05) is 231 Å². The molecule has 2 atom stereocenters. The van der Waals surface area contributed by atoms with Gasteiger partial charge in [0.05, 0.1) is 25.4 Å². The van der Waals surface area contributed by atoms with Crippen LogP contribution in [-0.4, -0.2) is 47.4 Å². The molecular formula is C49H95NO5. The fourth-order valence-electron chi connectivity index (χ4n) is 7.51. The highest BCUT2D eigenvalue weighted by molar-refractivity contribution is 5.76. The van der Waals surface area contributed by atoms with Crippen LogP contribution in [0.25, 0.3) is 0 Å². The third-order valence-corrected chi connectivity index (χ3v) is 11.3. The molecule has 0 rings (SSSR count). The van der Waals surface area contributed by atoms with E-state index in [1.807, 2.05) is 6.08 Å². The van der Waals surface area contributed by atoms with Crippen molar-refractivity contribution >= 4 is 11.9 Å². The topological polar surface area (TPSA) is 95.9 Å². The molecule has 326 valence electrons. The minimum Gasteiger partial charge on any atom is -0.466 e. The highest BCUT2D eigenvalue weighted by atomic mass is 16.5. The average molecular weight is 778 g/mol. The summed E-state index contributed by atoms with van der Waals surface area (Å²) in [5.41, 5.74) is 0. The quantitative estimate of drug-likeness (QED) is 0.0325. The zero-order valence-electron chi connectivity index (χ0n) is 36.9. The smallest absolute Gasteiger partial charge is 0.305 e. The molecule has 0 saturated carbocycles. The second-order valence-corrected chi connectivity index (χ2v) is 16.8. The van der Waals surface area contributed by atoms with Crippen molar-refractivity contribution in [2.45, 2.75) is 276 Å². The summed E-state index contributed by atoms with van der Waals surface area (Å²) in [5, 5.41) is 23.0. The van der Waals surface area contributed by atoms with Crippen LogP contribution in [0.4, 0.5) is 0 Å². The molecule has 0 aromatic rings. The molecule has 0 bridgehead atoms. The minimum atomic E-state index is -0.854. The Morgan fingerprint density at radius 1 is 0.491 bits per heavy atom. The Hall–Kier alpha value is -1.40. The first-order chi connectivity index (χ1) is 27.0. The normalized spacial score (nSPS) is 12.7. The van der Waals surface area contributed by atoms with E-state index in [2.05, 4.69) is 19.2 Å². The van der Waals surface area contributed by atoms with Crippen molar-refractivity contribution in [3.63, 3.8) is 0 Å². The van der Waals surface area contributed by atoms with Gasteiger partial charge in [-0.2, -0.15) is 0 Å². The van der Waals surface area contributed by atoms with Gasteiger partial charge in [0.15, 0.2) is 0 Å². The highest BCUT2D eigenvalue weighted by Crippen LogP contribution is 2.16. The first-order valence-electron chi connectivity index (χ1n) is 24.5. The summed E-state index contributed by atoms with van der Waals surface area (Å²) in [5.74, 6) is -0.0997. The first-order valence-corrected chi connectivity index (χ1v) is 24.5. The van der Waals surface area contributed by atoms with E-state index in [4.69, 9.17) is 4.74 Å². The maximum Gasteiger partial charge on any atom is 0.305 e. The summed E-state index contributed by atoms with van der Waals surface area (Å²) in [4.78, 5) is 24.4. The van der Waals surface area contributed by atoms with Crippen molar-refractivity contribution in [2.75, 3.05) is 13.2 Å². The van der Waals surface area contributed by atoms with E-state index in [-0.39, 0.29) is 18.5 Å². The predicted molar refractivity (Wildman–Crippen MR) is 237 cm³/mol. The second kappa shape index (κ2) is 45.3. The number of carbonyl (C=O) groups is 2. The number of hydrogen-bond acceptors (Lipinski definition) is 5. The molecule has 0 heterocycles. The maximum atomic E-state index is 12.4. The van der Waals surface area contributed by atoms with Crippen molar-refractivity contribution in [1.82, 2.24) is 5.32 Å². The predicted octanol–water partition coefficient (Wildman–Crippen LogP) is 14.2. The van der Waals surface area contributed by atoms with Crippen molar-refractivity contribution in [2.24, 2.45) is 0 Å². The number of aliphatic hydroxyl groups is 2. The summed E-state index contributed by atoms with van der Waals surface area (Å²) in [7, 11) is 0. The van der Waals surface area contributed by atoms with Gasteiger partial charge in [0.1, 0.15) is 0 Å². The molecule has 0 radical (unpaired) electrons. The third-order valence-electron chi connectivity index (χ3n) is 11.3. The number of rotatable bonds is 45. The van der Waals surface area contributed by atoms with Crippen LogP contribution in [0.3, 0.4) is 0 Å². The van der Waals surface area contributed by atoms with E-state index in [0.29, 0.717) is 19.4 Å². The van der Waals surface area contributed by atoms with E-state index in [0.717, 1.165) is 57.8 Å². The summed E-state index contributed by atoms with van der Waals surface area (Å²) < 4.78 is 5.46. The average Bonchev–Trinajstić information content (AvgIpc) is 3.18. The molecule has 1 amide bonds. The molecular weight excluding hydrogens is 683 g/mol. The molecule has 55 heavy (non-hydrogen) atoms. The number of nitrogens with one attached hydrogen (secondary N) is 1. The SMILES string of the molecule is CCCCCCCCCCCC/C=C/C(O)C(CO)NC(=O)CCCCCCCCCCCCCOC(=O)CCCCCCCCCCCCCCCCC. The van der Waals surface area contributed by atoms with E-state index < -0.39 is 12.1 Å². The number of allylic oxidation sites excluding steroid dienone is 1. The number of aliphatic hydroxyl groups excluding tert-OH is 2. The summed E-state index contributed by atoms with van der Waals surface area (Å²) in [6.07, 6.45) is 50.6. The number of ether oxygens (including phenoxy) is 1. The van der Waals surface area contributed by atoms with Gasteiger partial charge in [-0.05, 0) is 32.1 Å².